The quantitative estimate of drug-likeness (QED) is 0.524. The zero-order valence-corrected chi connectivity index (χ0v) is 18.6. The van der Waals surface area contributed by atoms with Crippen LogP contribution in [0.25, 0.3) is 0 Å². The molecule has 0 aliphatic heterocycles. The Morgan fingerprint density at radius 2 is 1.84 bits per heavy atom. The van der Waals surface area contributed by atoms with Gasteiger partial charge in [0.25, 0.3) is 0 Å². The smallest absolute Gasteiger partial charge is 0.243 e. The molecule has 2 aromatic carbocycles. The Labute approximate surface area is 183 Å². The van der Waals surface area contributed by atoms with Gasteiger partial charge in [-0.1, -0.05) is 49.1 Å². The minimum atomic E-state index is -3.67. The first-order valence-corrected chi connectivity index (χ1v) is 12.2. The lowest BCUT2D eigenvalue weighted by Gasteiger charge is -2.33. The van der Waals surface area contributed by atoms with Crippen molar-refractivity contribution in [1.29, 1.82) is 0 Å². The summed E-state index contributed by atoms with van der Waals surface area (Å²) in [4.78, 5) is 4.77. The monoisotopic (exact) mass is 441 g/mol. The highest BCUT2D eigenvalue weighted by Crippen LogP contribution is 2.29. The molecule has 0 atom stereocenters. The van der Waals surface area contributed by atoms with Gasteiger partial charge in [0.05, 0.1) is 11.4 Å². The number of benzene rings is 2. The van der Waals surface area contributed by atoms with E-state index >= 15 is 0 Å². The molecule has 0 radical (unpaired) electrons. The number of rotatable bonds is 7. The number of nitrogens with zero attached hydrogens (tertiary/aromatic N) is 3. The average Bonchev–Trinajstić information content (AvgIpc) is 3.19. The first-order valence-electron chi connectivity index (χ1n) is 10.8. The fraction of sp³-hybridized carbons (Fsp3) is 0.375. The molecule has 0 bridgehead atoms. The molecule has 31 heavy (non-hydrogen) atoms. The van der Waals surface area contributed by atoms with Crippen LogP contribution in [0.4, 0.5) is 4.39 Å². The van der Waals surface area contributed by atoms with Crippen LogP contribution in [-0.2, 0) is 23.1 Å². The molecule has 1 saturated carbocycles. The lowest BCUT2D eigenvalue weighted by atomic mass is 9.95. The second kappa shape index (κ2) is 9.32. The molecule has 164 valence electrons. The van der Waals surface area contributed by atoms with E-state index in [0.717, 1.165) is 43.2 Å². The number of sulfonamides is 1. The summed E-state index contributed by atoms with van der Waals surface area (Å²) in [6.07, 6.45) is 8.41. The molecule has 5 nitrogen and oxygen atoms in total. The topological polar surface area (TPSA) is 55.2 Å². The van der Waals surface area contributed by atoms with Crippen LogP contribution in [-0.4, -0.2) is 28.3 Å². The van der Waals surface area contributed by atoms with E-state index < -0.39 is 10.0 Å². The van der Waals surface area contributed by atoms with E-state index in [1.807, 2.05) is 35.9 Å². The Morgan fingerprint density at radius 1 is 1.10 bits per heavy atom. The van der Waals surface area contributed by atoms with E-state index in [4.69, 9.17) is 0 Å². The third kappa shape index (κ3) is 5.05. The maximum absolute atomic E-state index is 13.6. The molecule has 1 aliphatic carbocycles. The van der Waals surface area contributed by atoms with Crippen molar-refractivity contribution < 1.29 is 12.8 Å². The van der Waals surface area contributed by atoms with Crippen molar-refractivity contribution in [3.63, 3.8) is 0 Å². The third-order valence-electron chi connectivity index (χ3n) is 5.95. The van der Waals surface area contributed by atoms with Crippen LogP contribution in [0, 0.1) is 12.7 Å². The minimum absolute atomic E-state index is 0.0422. The van der Waals surface area contributed by atoms with Crippen LogP contribution >= 0.6 is 0 Å². The Bertz CT molecular complexity index is 1120. The van der Waals surface area contributed by atoms with Crippen molar-refractivity contribution in [2.45, 2.75) is 63.1 Å². The molecular weight excluding hydrogens is 413 g/mol. The van der Waals surface area contributed by atoms with Crippen molar-refractivity contribution in [3.05, 3.63) is 83.7 Å². The molecule has 1 aliphatic rings. The second-order valence-electron chi connectivity index (χ2n) is 8.26. The molecule has 4 rings (SSSR count). The molecule has 0 amide bonds. The molecule has 0 saturated heterocycles. The number of halogens is 1. The first kappa shape index (κ1) is 21.7. The Balaban J connectivity index is 1.64. The van der Waals surface area contributed by atoms with Gasteiger partial charge in [-0.2, -0.15) is 4.31 Å². The van der Waals surface area contributed by atoms with E-state index in [1.54, 1.807) is 28.7 Å². The van der Waals surface area contributed by atoms with Gasteiger partial charge in [0.2, 0.25) is 10.0 Å². The van der Waals surface area contributed by atoms with E-state index in [1.165, 1.54) is 12.1 Å². The van der Waals surface area contributed by atoms with Gasteiger partial charge < -0.3 is 4.57 Å². The third-order valence-corrected chi connectivity index (χ3v) is 7.86. The molecule has 0 N–H and O–H groups in total. The summed E-state index contributed by atoms with van der Waals surface area (Å²) >= 11 is 0. The van der Waals surface area contributed by atoms with E-state index in [0.29, 0.717) is 17.3 Å². The molecule has 1 aromatic heterocycles. The number of imidazole rings is 1. The summed E-state index contributed by atoms with van der Waals surface area (Å²) in [6.45, 7) is 2.58. The van der Waals surface area contributed by atoms with Crippen molar-refractivity contribution in [3.8, 4) is 0 Å². The minimum Gasteiger partial charge on any atom is -0.329 e. The largest absolute Gasteiger partial charge is 0.329 e. The maximum atomic E-state index is 13.6. The van der Waals surface area contributed by atoms with Crippen LogP contribution in [0.1, 0.15) is 49.1 Å². The molecular formula is C24H28FN3O2S. The van der Waals surface area contributed by atoms with Gasteiger partial charge in [0.15, 0.2) is 0 Å². The van der Waals surface area contributed by atoms with Gasteiger partial charge in [-0.3, -0.25) is 0 Å². The molecule has 0 spiro atoms. The van der Waals surface area contributed by atoms with Crippen LogP contribution in [0.2, 0.25) is 0 Å². The molecule has 1 heterocycles. The normalized spacial score (nSPS) is 15.5. The SMILES string of the molecule is Cc1ccc(S(=O)(=O)N(Cc2nccn2Cc2cccc(F)c2)C2CCCCC2)cc1. The number of hydrogen-bond acceptors (Lipinski definition) is 3. The fourth-order valence-electron chi connectivity index (χ4n) is 4.23. The maximum Gasteiger partial charge on any atom is 0.243 e. The number of hydrogen-bond donors (Lipinski definition) is 0. The van der Waals surface area contributed by atoms with Gasteiger partial charge in [-0.25, -0.2) is 17.8 Å². The first-order chi connectivity index (χ1) is 14.9. The highest BCUT2D eigenvalue weighted by Gasteiger charge is 2.33. The van der Waals surface area contributed by atoms with Crippen molar-refractivity contribution >= 4 is 10.0 Å². The fourth-order valence-corrected chi connectivity index (χ4v) is 5.87. The van der Waals surface area contributed by atoms with Crippen LogP contribution < -0.4 is 0 Å². The highest BCUT2D eigenvalue weighted by atomic mass is 32.2. The Kier molecular flexibility index (Phi) is 6.53. The highest BCUT2D eigenvalue weighted by molar-refractivity contribution is 7.89. The lowest BCUT2D eigenvalue weighted by molar-refractivity contribution is 0.242. The van der Waals surface area contributed by atoms with Crippen molar-refractivity contribution in [1.82, 2.24) is 13.9 Å². The van der Waals surface area contributed by atoms with E-state index in [-0.39, 0.29) is 18.4 Å². The average molecular weight is 442 g/mol. The molecule has 1 fully saturated rings. The van der Waals surface area contributed by atoms with Crippen LogP contribution in [0.3, 0.4) is 0 Å². The Hall–Kier alpha value is -2.51. The molecule has 0 unspecified atom stereocenters. The summed E-state index contributed by atoms with van der Waals surface area (Å²) in [6, 6.07) is 13.4. The summed E-state index contributed by atoms with van der Waals surface area (Å²) in [5.41, 5.74) is 1.83. The van der Waals surface area contributed by atoms with Gasteiger partial charge in [0, 0.05) is 25.0 Å². The van der Waals surface area contributed by atoms with Gasteiger partial charge in [-0.15, -0.1) is 0 Å². The summed E-state index contributed by atoms with van der Waals surface area (Å²) in [7, 11) is -3.67. The van der Waals surface area contributed by atoms with E-state index in [9.17, 15) is 12.8 Å². The molecule has 3 aromatic rings. The Morgan fingerprint density at radius 3 is 2.55 bits per heavy atom. The van der Waals surface area contributed by atoms with Gasteiger partial charge in [-0.05, 0) is 49.6 Å². The molecule has 7 heteroatoms. The van der Waals surface area contributed by atoms with Crippen molar-refractivity contribution in [2.24, 2.45) is 0 Å². The zero-order valence-electron chi connectivity index (χ0n) is 17.7. The predicted octanol–water partition coefficient (Wildman–Crippen LogP) is 4.90. The summed E-state index contributed by atoms with van der Waals surface area (Å²) < 4.78 is 44.4. The van der Waals surface area contributed by atoms with Crippen LogP contribution in [0.15, 0.2) is 65.8 Å². The standard InChI is InChI=1S/C24H28FN3O2S/c1-19-10-12-23(13-11-19)31(29,30)28(22-8-3-2-4-9-22)18-24-26-14-15-27(24)17-20-6-5-7-21(25)16-20/h5-7,10-16,22H,2-4,8-9,17-18H2,1H3. The number of aryl methyl sites for hydroxylation is 1. The second-order valence-corrected chi connectivity index (χ2v) is 10.1. The van der Waals surface area contributed by atoms with Crippen molar-refractivity contribution in [2.75, 3.05) is 0 Å². The predicted molar refractivity (Wildman–Crippen MR) is 119 cm³/mol. The van der Waals surface area contributed by atoms with Gasteiger partial charge in [0.1, 0.15) is 11.6 Å². The zero-order chi connectivity index (χ0) is 21.8. The summed E-state index contributed by atoms with van der Waals surface area (Å²) in [5, 5.41) is 0. The number of aromatic nitrogens is 2. The van der Waals surface area contributed by atoms with Gasteiger partial charge >= 0.3 is 0 Å². The van der Waals surface area contributed by atoms with Crippen LogP contribution in [0.5, 0.6) is 0 Å². The van der Waals surface area contributed by atoms with E-state index in [2.05, 4.69) is 4.98 Å². The lowest BCUT2D eigenvalue weighted by Crippen LogP contribution is -2.41. The summed E-state index contributed by atoms with van der Waals surface area (Å²) in [5.74, 6) is 0.371.